The first-order valence-electron chi connectivity index (χ1n) is 12.7. The van der Waals surface area contributed by atoms with Gasteiger partial charge in [0.25, 0.3) is 11.2 Å². The van der Waals surface area contributed by atoms with Crippen molar-refractivity contribution >= 4 is 40.7 Å². The van der Waals surface area contributed by atoms with Gasteiger partial charge in [-0.3, -0.25) is 19.5 Å². The van der Waals surface area contributed by atoms with Crippen molar-refractivity contribution in [2.24, 2.45) is 4.99 Å². The Hall–Kier alpha value is -4.48. The van der Waals surface area contributed by atoms with Gasteiger partial charge in [-0.05, 0) is 62.7 Å². The molecule has 2 aromatic heterocycles. The standard InChI is InChI=1S/C29H24ClN3O7S/c1-4-38-19-9-6-17(7-10-19)26-25(28(35)39-5-2)16(3)31-29-32(26)27(34)24(41-29)15-20-11-13-23(40-20)18-8-12-21(30)22(14-18)33(36)37/h6-15,26H,4-5H2,1-3H3/b24-15-/t26-/m1/s1. The lowest BCUT2D eigenvalue weighted by Gasteiger charge is -2.24. The fraction of sp³-hybridized carbons (Fsp3) is 0.207. The molecular weight excluding hydrogens is 570 g/mol. The molecule has 1 aliphatic rings. The molecule has 1 aliphatic heterocycles. The highest BCUT2D eigenvalue weighted by Crippen LogP contribution is 2.33. The number of esters is 1. The van der Waals surface area contributed by atoms with Gasteiger partial charge in [-0.2, -0.15) is 0 Å². The fourth-order valence-electron chi connectivity index (χ4n) is 4.54. The molecule has 210 valence electrons. The lowest BCUT2D eigenvalue weighted by atomic mass is 9.96. The van der Waals surface area contributed by atoms with E-state index in [2.05, 4.69) is 4.99 Å². The summed E-state index contributed by atoms with van der Waals surface area (Å²) < 4.78 is 18.6. The summed E-state index contributed by atoms with van der Waals surface area (Å²) in [4.78, 5) is 42.6. The number of hydrogen-bond acceptors (Lipinski definition) is 9. The maximum atomic E-state index is 13.8. The van der Waals surface area contributed by atoms with E-state index in [0.29, 0.717) is 50.0 Å². The molecule has 4 aromatic rings. The second-order valence-electron chi connectivity index (χ2n) is 8.93. The summed E-state index contributed by atoms with van der Waals surface area (Å²) in [6, 6.07) is 14.1. The number of nitro benzene ring substituents is 1. The molecule has 0 saturated heterocycles. The topological polar surface area (TPSA) is 126 Å². The molecule has 41 heavy (non-hydrogen) atoms. The van der Waals surface area contributed by atoms with Gasteiger partial charge in [0.2, 0.25) is 0 Å². The van der Waals surface area contributed by atoms with Crippen LogP contribution in [0.15, 0.2) is 80.1 Å². The van der Waals surface area contributed by atoms with Gasteiger partial charge in [-0.1, -0.05) is 35.1 Å². The third-order valence-electron chi connectivity index (χ3n) is 6.35. The molecule has 0 spiro atoms. The van der Waals surface area contributed by atoms with Crippen molar-refractivity contribution < 1.29 is 23.6 Å². The molecule has 0 saturated carbocycles. The molecule has 5 rings (SSSR count). The number of carbonyl (C=O) groups is 1. The van der Waals surface area contributed by atoms with E-state index >= 15 is 0 Å². The van der Waals surface area contributed by atoms with Gasteiger partial charge in [0.1, 0.15) is 22.3 Å². The Morgan fingerprint density at radius 1 is 1.17 bits per heavy atom. The van der Waals surface area contributed by atoms with Crippen LogP contribution in [-0.2, 0) is 9.53 Å². The summed E-state index contributed by atoms with van der Waals surface area (Å²) in [7, 11) is 0. The molecular formula is C29H24ClN3O7S. The number of carbonyl (C=O) groups excluding carboxylic acids is 1. The average Bonchev–Trinajstić information content (AvgIpc) is 3.53. The third kappa shape index (κ3) is 5.46. The molecule has 1 atom stereocenters. The second kappa shape index (κ2) is 11.6. The summed E-state index contributed by atoms with van der Waals surface area (Å²) in [5, 5.41) is 11.3. The minimum absolute atomic E-state index is 0.0196. The highest BCUT2D eigenvalue weighted by molar-refractivity contribution is 7.07. The van der Waals surface area contributed by atoms with Crippen LogP contribution in [-0.4, -0.2) is 28.7 Å². The minimum atomic E-state index is -0.759. The summed E-state index contributed by atoms with van der Waals surface area (Å²) in [5.74, 6) is 0.856. The van der Waals surface area contributed by atoms with E-state index in [1.165, 1.54) is 16.7 Å². The van der Waals surface area contributed by atoms with Crippen molar-refractivity contribution in [1.29, 1.82) is 0 Å². The average molecular weight is 594 g/mol. The number of nitro groups is 1. The maximum Gasteiger partial charge on any atom is 0.338 e. The molecule has 0 fully saturated rings. The van der Waals surface area contributed by atoms with Gasteiger partial charge in [0, 0.05) is 17.7 Å². The Labute approximate surface area is 242 Å². The monoisotopic (exact) mass is 593 g/mol. The van der Waals surface area contributed by atoms with Crippen molar-refractivity contribution in [2.75, 3.05) is 13.2 Å². The van der Waals surface area contributed by atoms with Crippen LogP contribution in [0.4, 0.5) is 5.69 Å². The van der Waals surface area contributed by atoms with E-state index in [4.69, 9.17) is 25.5 Å². The van der Waals surface area contributed by atoms with Crippen LogP contribution in [0.25, 0.3) is 17.4 Å². The highest BCUT2D eigenvalue weighted by Gasteiger charge is 2.33. The third-order valence-corrected chi connectivity index (χ3v) is 7.65. The van der Waals surface area contributed by atoms with Gasteiger partial charge < -0.3 is 13.9 Å². The van der Waals surface area contributed by atoms with Crippen molar-refractivity contribution in [3.8, 4) is 17.1 Å². The smallest absolute Gasteiger partial charge is 0.338 e. The SMILES string of the molecule is CCOC(=O)C1=C(C)N=c2s/c(=C\c3ccc(-c4ccc(Cl)c([N+](=O)[O-])c4)o3)c(=O)n2[C@@H]1c1ccc(OCC)cc1. The Bertz CT molecular complexity index is 1870. The number of fused-ring (bicyclic) bond motifs is 1. The van der Waals surface area contributed by atoms with Crippen molar-refractivity contribution in [3.05, 3.63) is 112 Å². The van der Waals surface area contributed by atoms with Crippen LogP contribution < -0.4 is 19.6 Å². The first-order valence-corrected chi connectivity index (χ1v) is 13.9. The predicted octanol–water partition coefficient (Wildman–Crippen LogP) is 5.02. The Kier molecular flexibility index (Phi) is 7.91. The zero-order chi connectivity index (χ0) is 29.3. The number of hydrogen-bond donors (Lipinski definition) is 0. The van der Waals surface area contributed by atoms with Gasteiger partial charge in [0.05, 0.1) is 40.0 Å². The Morgan fingerprint density at radius 3 is 2.61 bits per heavy atom. The zero-order valence-corrected chi connectivity index (χ0v) is 23.8. The molecule has 0 radical (unpaired) electrons. The summed E-state index contributed by atoms with van der Waals surface area (Å²) in [6.07, 6.45) is 1.58. The van der Waals surface area contributed by atoms with Crippen LogP contribution >= 0.6 is 22.9 Å². The number of allylic oxidation sites excluding steroid dienone is 1. The minimum Gasteiger partial charge on any atom is -0.494 e. The Balaban J connectivity index is 1.60. The fourth-order valence-corrected chi connectivity index (χ4v) is 5.75. The van der Waals surface area contributed by atoms with Gasteiger partial charge >= 0.3 is 5.97 Å². The van der Waals surface area contributed by atoms with E-state index in [1.54, 1.807) is 50.3 Å². The normalized spacial score (nSPS) is 14.9. The number of halogens is 1. The maximum absolute atomic E-state index is 13.8. The van der Waals surface area contributed by atoms with Crippen LogP contribution in [0, 0.1) is 10.1 Å². The molecule has 3 heterocycles. The molecule has 0 aliphatic carbocycles. The van der Waals surface area contributed by atoms with Crippen LogP contribution in [0.5, 0.6) is 5.75 Å². The molecule has 0 unspecified atom stereocenters. The summed E-state index contributed by atoms with van der Waals surface area (Å²) in [5.41, 5.74) is 1.30. The van der Waals surface area contributed by atoms with E-state index in [1.807, 2.05) is 19.1 Å². The van der Waals surface area contributed by atoms with Crippen molar-refractivity contribution in [2.45, 2.75) is 26.8 Å². The van der Waals surface area contributed by atoms with E-state index in [-0.39, 0.29) is 28.4 Å². The first kappa shape index (κ1) is 28.1. The second-order valence-corrected chi connectivity index (χ2v) is 10.3. The van der Waals surface area contributed by atoms with Crippen molar-refractivity contribution in [1.82, 2.24) is 4.57 Å². The van der Waals surface area contributed by atoms with E-state index in [9.17, 15) is 19.7 Å². The molecule has 2 aromatic carbocycles. The van der Waals surface area contributed by atoms with Crippen LogP contribution in [0.1, 0.15) is 38.1 Å². The number of furan rings is 1. The number of thiazole rings is 1. The first-order chi connectivity index (χ1) is 19.7. The van der Waals surface area contributed by atoms with Crippen LogP contribution in [0.2, 0.25) is 5.02 Å². The lowest BCUT2D eigenvalue weighted by molar-refractivity contribution is -0.384. The van der Waals surface area contributed by atoms with Gasteiger partial charge in [-0.25, -0.2) is 9.79 Å². The van der Waals surface area contributed by atoms with Crippen LogP contribution in [0.3, 0.4) is 0 Å². The largest absolute Gasteiger partial charge is 0.494 e. The predicted molar refractivity (Wildman–Crippen MR) is 154 cm³/mol. The van der Waals surface area contributed by atoms with E-state index in [0.717, 1.165) is 11.3 Å². The number of aromatic nitrogens is 1. The summed E-state index contributed by atoms with van der Waals surface area (Å²) in [6.45, 7) is 6.00. The molecule has 0 bridgehead atoms. The lowest BCUT2D eigenvalue weighted by Crippen LogP contribution is -2.39. The number of benzene rings is 2. The molecule has 12 heteroatoms. The van der Waals surface area contributed by atoms with E-state index < -0.39 is 16.9 Å². The molecule has 0 amide bonds. The number of rotatable bonds is 8. The zero-order valence-electron chi connectivity index (χ0n) is 22.3. The summed E-state index contributed by atoms with van der Waals surface area (Å²) >= 11 is 7.09. The molecule has 0 N–H and O–H groups in total. The Morgan fingerprint density at radius 2 is 1.93 bits per heavy atom. The highest BCUT2D eigenvalue weighted by atomic mass is 35.5. The quantitative estimate of drug-likeness (QED) is 0.159. The number of ether oxygens (including phenoxy) is 2. The van der Waals surface area contributed by atoms with Gasteiger partial charge in [0.15, 0.2) is 4.80 Å². The van der Waals surface area contributed by atoms with Gasteiger partial charge in [-0.15, -0.1) is 0 Å². The molecule has 10 nitrogen and oxygen atoms in total. The van der Waals surface area contributed by atoms with Crippen molar-refractivity contribution in [3.63, 3.8) is 0 Å². The number of nitrogens with zero attached hydrogens (tertiary/aromatic N) is 3.